The third kappa shape index (κ3) is 3.22. The van der Waals surface area contributed by atoms with Gasteiger partial charge in [0.25, 0.3) is 0 Å². The number of rotatable bonds is 4. The summed E-state index contributed by atoms with van der Waals surface area (Å²) >= 11 is 0. The summed E-state index contributed by atoms with van der Waals surface area (Å²) in [5.41, 5.74) is 1.38. The number of hydrogen-bond donors (Lipinski definition) is 1. The van der Waals surface area contributed by atoms with E-state index in [1.165, 1.54) is 13.2 Å². The summed E-state index contributed by atoms with van der Waals surface area (Å²) in [5, 5.41) is 9.17. The molecular weight excluding hydrogens is 240 g/mol. The van der Waals surface area contributed by atoms with Crippen LogP contribution in [-0.2, 0) is 0 Å². The maximum Gasteiger partial charge on any atom is 0.189 e. The van der Waals surface area contributed by atoms with Crippen LogP contribution in [0.15, 0.2) is 54.6 Å². The van der Waals surface area contributed by atoms with Gasteiger partial charge in [0.1, 0.15) is 11.5 Å². The van der Waals surface area contributed by atoms with E-state index < -0.39 is 0 Å². The molecule has 0 aliphatic rings. The molecule has 96 valence electrons. The van der Waals surface area contributed by atoms with E-state index in [1.54, 1.807) is 48.5 Å². The van der Waals surface area contributed by atoms with Crippen molar-refractivity contribution in [1.82, 2.24) is 0 Å². The number of hydrogen-bond acceptors (Lipinski definition) is 3. The maximum absolute atomic E-state index is 12.0. The zero-order valence-electron chi connectivity index (χ0n) is 10.5. The molecule has 2 aromatic rings. The van der Waals surface area contributed by atoms with E-state index in [0.29, 0.717) is 11.3 Å². The first-order chi connectivity index (χ1) is 9.20. The lowest BCUT2D eigenvalue weighted by molar-refractivity contribution is 0.104. The number of methoxy groups -OCH3 is 1. The van der Waals surface area contributed by atoms with E-state index in [9.17, 15) is 9.90 Å². The van der Waals surface area contributed by atoms with Crippen molar-refractivity contribution in [2.75, 3.05) is 7.11 Å². The van der Waals surface area contributed by atoms with E-state index in [-0.39, 0.29) is 11.5 Å². The van der Waals surface area contributed by atoms with Gasteiger partial charge in [0.15, 0.2) is 5.78 Å². The van der Waals surface area contributed by atoms with Gasteiger partial charge in [-0.25, -0.2) is 0 Å². The minimum absolute atomic E-state index is 0.120. The number of carbonyl (C=O) groups is 1. The summed E-state index contributed by atoms with van der Waals surface area (Å²) < 4.78 is 5.15. The summed E-state index contributed by atoms with van der Waals surface area (Å²) in [6.45, 7) is 0. The molecule has 0 radical (unpaired) electrons. The van der Waals surface area contributed by atoms with Gasteiger partial charge in [0.2, 0.25) is 0 Å². The molecule has 0 spiro atoms. The highest BCUT2D eigenvalue weighted by Crippen LogP contribution is 2.19. The number of ketones is 1. The Morgan fingerprint density at radius 3 is 2.47 bits per heavy atom. The predicted octanol–water partition coefficient (Wildman–Crippen LogP) is 3.30. The van der Waals surface area contributed by atoms with Gasteiger partial charge in [-0.3, -0.25) is 4.79 Å². The van der Waals surface area contributed by atoms with Gasteiger partial charge < -0.3 is 9.84 Å². The molecule has 0 aliphatic carbocycles. The average molecular weight is 254 g/mol. The first-order valence-electron chi connectivity index (χ1n) is 5.85. The van der Waals surface area contributed by atoms with Crippen molar-refractivity contribution in [2.24, 2.45) is 0 Å². The van der Waals surface area contributed by atoms with Crippen molar-refractivity contribution in [2.45, 2.75) is 0 Å². The molecule has 0 amide bonds. The number of aromatic hydroxyl groups is 1. The number of carbonyl (C=O) groups excluding carboxylic acids is 1. The molecule has 19 heavy (non-hydrogen) atoms. The Labute approximate surface area is 111 Å². The predicted molar refractivity (Wildman–Crippen MR) is 74.5 cm³/mol. The molecule has 0 fully saturated rings. The molecule has 0 bridgehead atoms. The minimum atomic E-state index is -0.120. The van der Waals surface area contributed by atoms with Gasteiger partial charge in [-0.05, 0) is 35.9 Å². The smallest absolute Gasteiger partial charge is 0.189 e. The number of phenols is 1. The van der Waals surface area contributed by atoms with Crippen molar-refractivity contribution >= 4 is 11.9 Å². The molecule has 0 atom stereocenters. The minimum Gasteiger partial charge on any atom is -0.508 e. The van der Waals surface area contributed by atoms with Gasteiger partial charge in [-0.15, -0.1) is 0 Å². The van der Waals surface area contributed by atoms with Crippen LogP contribution < -0.4 is 4.74 Å². The van der Waals surface area contributed by atoms with Crippen LogP contribution in [0, 0.1) is 0 Å². The molecule has 0 saturated carbocycles. The van der Waals surface area contributed by atoms with Gasteiger partial charge in [-0.2, -0.15) is 0 Å². The Morgan fingerprint density at radius 1 is 1.11 bits per heavy atom. The van der Waals surface area contributed by atoms with Crippen LogP contribution in [0.5, 0.6) is 11.5 Å². The summed E-state index contributed by atoms with van der Waals surface area (Å²) in [7, 11) is 1.54. The highest BCUT2D eigenvalue weighted by molar-refractivity contribution is 6.08. The molecule has 2 rings (SSSR count). The molecular formula is C16H14O3. The normalized spacial score (nSPS) is 10.6. The number of ether oxygens (including phenoxy) is 1. The Kier molecular flexibility index (Phi) is 3.98. The van der Waals surface area contributed by atoms with Crippen molar-refractivity contribution < 1.29 is 14.6 Å². The molecule has 0 saturated heterocycles. The van der Waals surface area contributed by atoms with Gasteiger partial charge in [0, 0.05) is 0 Å². The summed E-state index contributed by atoms with van der Waals surface area (Å²) in [4.78, 5) is 12.0. The van der Waals surface area contributed by atoms with Crippen LogP contribution >= 0.6 is 0 Å². The molecule has 0 aromatic heterocycles. The van der Waals surface area contributed by atoms with Crippen molar-refractivity contribution in [1.29, 1.82) is 0 Å². The molecule has 0 aliphatic heterocycles. The second-order valence-electron chi connectivity index (χ2n) is 3.99. The number of benzene rings is 2. The number of phenolic OH excluding ortho intramolecular Hbond substituents is 1. The Balaban J connectivity index is 2.19. The van der Waals surface area contributed by atoms with Crippen LogP contribution in [0.1, 0.15) is 15.9 Å². The maximum atomic E-state index is 12.0. The third-order valence-electron chi connectivity index (χ3n) is 2.69. The second-order valence-corrected chi connectivity index (χ2v) is 3.99. The summed E-state index contributed by atoms with van der Waals surface area (Å²) in [6.07, 6.45) is 3.19. The first-order valence-corrected chi connectivity index (χ1v) is 5.85. The van der Waals surface area contributed by atoms with Crippen LogP contribution in [0.25, 0.3) is 6.08 Å². The van der Waals surface area contributed by atoms with Crippen molar-refractivity contribution in [3.8, 4) is 11.5 Å². The van der Waals surface area contributed by atoms with Crippen LogP contribution in [0.2, 0.25) is 0 Å². The van der Waals surface area contributed by atoms with E-state index in [4.69, 9.17) is 4.74 Å². The molecule has 3 heteroatoms. The quantitative estimate of drug-likeness (QED) is 0.672. The topological polar surface area (TPSA) is 46.5 Å². The SMILES string of the molecule is COc1ccccc1C(=O)/C=C/c1ccc(O)cc1. The van der Waals surface area contributed by atoms with Crippen molar-refractivity contribution in [3.05, 3.63) is 65.7 Å². The Hall–Kier alpha value is -2.55. The first kappa shape index (κ1) is 12.9. The van der Waals surface area contributed by atoms with Gasteiger partial charge in [0.05, 0.1) is 12.7 Å². The zero-order chi connectivity index (χ0) is 13.7. The fraction of sp³-hybridized carbons (Fsp3) is 0.0625. The summed E-state index contributed by atoms with van der Waals surface area (Å²) in [6, 6.07) is 13.7. The number of allylic oxidation sites excluding steroid dienone is 1. The van der Waals surface area contributed by atoms with E-state index >= 15 is 0 Å². The van der Waals surface area contributed by atoms with Crippen LogP contribution in [0.3, 0.4) is 0 Å². The third-order valence-corrected chi connectivity index (χ3v) is 2.69. The lowest BCUT2D eigenvalue weighted by Crippen LogP contribution is -1.98. The lowest BCUT2D eigenvalue weighted by Gasteiger charge is -2.04. The van der Waals surface area contributed by atoms with Gasteiger partial charge >= 0.3 is 0 Å². The number of para-hydroxylation sites is 1. The molecule has 3 nitrogen and oxygen atoms in total. The Morgan fingerprint density at radius 2 is 1.79 bits per heavy atom. The zero-order valence-corrected chi connectivity index (χ0v) is 10.5. The van der Waals surface area contributed by atoms with Crippen LogP contribution in [-0.4, -0.2) is 18.0 Å². The van der Waals surface area contributed by atoms with Crippen molar-refractivity contribution in [3.63, 3.8) is 0 Å². The van der Waals surface area contributed by atoms with Gasteiger partial charge in [-0.1, -0.05) is 30.3 Å². The standard InChI is InChI=1S/C16H14O3/c1-19-16-5-3-2-4-14(16)15(18)11-8-12-6-9-13(17)10-7-12/h2-11,17H,1H3/b11-8+. The summed E-state index contributed by atoms with van der Waals surface area (Å²) in [5.74, 6) is 0.640. The highest BCUT2D eigenvalue weighted by Gasteiger charge is 2.07. The highest BCUT2D eigenvalue weighted by atomic mass is 16.5. The monoisotopic (exact) mass is 254 g/mol. The fourth-order valence-corrected chi connectivity index (χ4v) is 1.70. The molecule has 0 heterocycles. The second kappa shape index (κ2) is 5.87. The van der Waals surface area contributed by atoms with E-state index in [1.807, 2.05) is 6.07 Å². The lowest BCUT2D eigenvalue weighted by atomic mass is 10.1. The molecule has 2 aromatic carbocycles. The van der Waals surface area contributed by atoms with Crippen LogP contribution in [0.4, 0.5) is 0 Å². The Bertz CT molecular complexity index is 598. The fourth-order valence-electron chi connectivity index (χ4n) is 1.70. The van der Waals surface area contributed by atoms with E-state index in [2.05, 4.69) is 0 Å². The largest absolute Gasteiger partial charge is 0.508 e. The molecule has 0 unspecified atom stereocenters. The molecule has 1 N–H and O–H groups in total. The van der Waals surface area contributed by atoms with E-state index in [0.717, 1.165) is 5.56 Å². The average Bonchev–Trinajstić information content (AvgIpc) is 2.46.